The second-order valence-corrected chi connectivity index (χ2v) is 7.69. The summed E-state index contributed by atoms with van der Waals surface area (Å²) < 4.78 is 1.62. The van der Waals surface area contributed by atoms with Crippen molar-refractivity contribution < 1.29 is 4.79 Å². The molecule has 1 aromatic heterocycles. The quantitative estimate of drug-likeness (QED) is 0.912. The zero-order valence-electron chi connectivity index (χ0n) is 15.3. The number of carbonyl (C=O) groups excluding carboxylic acids is 1. The fraction of sp³-hybridized carbons (Fsp3) is 0.500. The molecular weight excluding hydrogens is 326 g/mol. The van der Waals surface area contributed by atoms with E-state index in [9.17, 15) is 4.79 Å². The van der Waals surface area contributed by atoms with Gasteiger partial charge in [-0.25, -0.2) is 4.68 Å². The minimum Gasteiger partial charge on any atom is -0.384 e. The highest BCUT2D eigenvalue weighted by atomic mass is 16.2. The molecule has 5 rings (SSSR count). The van der Waals surface area contributed by atoms with Crippen LogP contribution in [0.15, 0.2) is 36.4 Å². The second kappa shape index (κ2) is 7.11. The van der Waals surface area contributed by atoms with Gasteiger partial charge in [0.05, 0.1) is 5.69 Å². The van der Waals surface area contributed by atoms with Crippen molar-refractivity contribution in [3.05, 3.63) is 47.7 Å². The molecule has 2 bridgehead atoms. The van der Waals surface area contributed by atoms with E-state index in [1.807, 2.05) is 13.0 Å². The molecule has 4 heterocycles. The lowest BCUT2D eigenvalue weighted by atomic mass is 9.95. The van der Waals surface area contributed by atoms with Gasteiger partial charge in [0.15, 0.2) is 0 Å². The van der Waals surface area contributed by atoms with E-state index in [1.54, 1.807) is 4.68 Å². The van der Waals surface area contributed by atoms with E-state index >= 15 is 0 Å². The lowest BCUT2D eigenvalue weighted by Crippen LogP contribution is -2.48. The van der Waals surface area contributed by atoms with E-state index in [0.717, 1.165) is 38.3 Å². The summed E-state index contributed by atoms with van der Waals surface area (Å²) >= 11 is 0. The van der Waals surface area contributed by atoms with E-state index in [0.29, 0.717) is 17.8 Å². The van der Waals surface area contributed by atoms with Crippen molar-refractivity contribution in [1.29, 1.82) is 0 Å². The summed E-state index contributed by atoms with van der Waals surface area (Å²) in [5.41, 5.74) is 8.14. The Kier molecular flexibility index (Phi) is 4.68. The molecule has 2 N–H and O–H groups in total. The van der Waals surface area contributed by atoms with Gasteiger partial charge in [-0.15, -0.1) is 0 Å². The first kappa shape index (κ1) is 17.1. The molecule has 138 valence electrons. The van der Waals surface area contributed by atoms with Gasteiger partial charge >= 0.3 is 0 Å². The summed E-state index contributed by atoms with van der Waals surface area (Å²) in [4.78, 5) is 17.5. The van der Waals surface area contributed by atoms with Gasteiger partial charge in [-0.1, -0.05) is 30.3 Å². The fourth-order valence-electron chi connectivity index (χ4n) is 4.37. The van der Waals surface area contributed by atoms with E-state index in [1.165, 1.54) is 12.0 Å². The van der Waals surface area contributed by atoms with Crippen LogP contribution in [0.2, 0.25) is 0 Å². The number of aryl methyl sites for hydroxylation is 1. The molecule has 0 saturated carbocycles. The predicted octanol–water partition coefficient (Wildman–Crippen LogP) is 1.90. The summed E-state index contributed by atoms with van der Waals surface area (Å²) in [6.07, 6.45) is 2.30. The molecule has 1 amide bonds. The van der Waals surface area contributed by atoms with Gasteiger partial charge in [0.1, 0.15) is 12.4 Å². The first-order chi connectivity index (χ1) is 12.6. The smallest absolute Gasteiger partial charge is 0.244 e. The topological polar surface area (TPSA) is 67.4 Å². The van der Waals surface area contributed by atoms with Crippen LogP contribution in [-0.4, -0.2) is 51.2 Å². The number of rotatable bonds is 4. The highest BCUT2D eigenvalue weighted by Gasteiger charge is 2.37. The average Bonchev–Trinajstić information content (AvgIpc) is 2.78. The van der Waals surface area contributed by atoms with E-state index < -0.39 is 0 Å². The maximum atomic E-state index is 12.9. The Morgan fingerprint density at radius 2 is 2.00 bits per heavy atom. The standard InChI is InChI=1S/C20H27N5O/c1-15-9-19(21)25(22-15)14-20(26)24-12-17-7-8-18(24)13-23(11-17)10-16-5-3-2-4-6-16/h2-6,9,17-18H,7-8,10-14,21H2,1H3/t17-,18+/m0/s1. The largest absolute Gasteiger partial charge is 0.384 e. The van der Waals surface area contributed by atoms with E-state index in [4.69, 9.17) is 5.73 Å². The minimum atomic E-state index is 0.135. The summed E-state index contributed by atoms with van der Waals surface area (Å²) in [7, 11) is 0. The maximum Gasteiger partial charge on any atom is 0.244 e. The van der Waals surface area contributed by atoms with Crippen molar-refractivity contribution in [2.24, 2.45) is 5.92 Å². The molecule has 6 heteroatoms. The molecule has 0 unspecified atom stereocenters. The average molecular weight is 353 g/mol. The first-order valence-electron chi connectivity index (χ1n) is 9.44. The summed E-state index contributed by atoms with van der Waals surface area (Å²) in [5.74, 6) is 1.25. The third-order valence-electron chi connectivity index (χ3n) is 5.58. The molecule has 0 spiro atoms. The number of aromatic nitrogens is 2. The molecule has 6 nitrogen and oxygen atoms in total. The van der Waals surface area contributed by atoms with Crippen LogP contribution in [0.25, 0.3) is 0 Å². The normalized spacial score (nSPS) is 23.2. The Morgan fingerprint density at radius 1 is 1.19 bits per heavy atom. The monoisotopic (exact) mass is 353 g/mol. The lowest BCUT2D eigenvalue weighted by Gasteiger charge is -2.36. The van der Waals surface area contributed by atoms with Crippen molar-refractivity contribution >= 4 is 11.7 Å². The number of nitrogens with zero attached hydrogens (tertiary/aromatic N) is 4. The van der Waals surface area contributed by atoms with Crippen LogP contribution in [0.3, 0.4) is 0 Å². The van der Waals surface area contributed by atoms with Crippen LogP contribution in [-0.2, 0) is 17.9 Å². The molecule has 2 atom stereocenters. The molecular formula is C20H27N5O. The van der Waals surface area contributed by atoms with Crippen molar-refractivity contribution in [3.63, 3.8) is 0 Å². The van der Waals surface area contributed by atoms with E-state index in [2.05, 4.69) is 45.2 Å². The Bertz CT molecular complexity index is 772. The van der Waals surface area contributed by atoms with Gasteiger partial charge in [-0.3, -0.25) is 9.69 Å². The predicted molar refractivity (Wildman–Crippen MR) is 101 cm³/mol. The summed E-state index contributed by atoms with van der Waals surface area (Å²) in [5, 5.41) is 4.34. The third kappa shape index (κ3) is 3.60. The molecule has 3 aliphatic heterocycles. The van der Waals surface area contributed by atoms with Crippen molar-refractivity contribution in [2.45, 2.75) is 38.9 Å². The highest BCUT2D eigenvalue weighted by molar-refractivity contribution is 5.77. The number of amides is 1. The van der Waals surface area contributed by atoms with Crippen molar-refractivity contribution in [3.8, 4) is 0 Å². The highest BCUT2D eigenvalue weighted by Crippen LogP contribution is 2.29. The van der Waals surface area contributed by atoms with Gasteiger partial charge < -0.3 is 10.6 Å². The van der Waals surface area contributed by atoms with Crippen LogP contribution in [0.4, 0.5) is 5.82 Å². The molecule has 3 aliphatic rings. The summed E-state index contributed by atoms with van der Waals surface area (Å²) in [6.45, 7) is 5.97. The Balaban J connectivity index is 1.44. The van der Waals surface area contributed by atoms with E-state index in [-0.39, 0.29) is 12.5 Å². The first-order valence-corrected chi connectivity index (χ1v) is 9.44. The van der Waals surface area contributed by atoms with Gasteiger partial charge in [-0.2, -0.15) is 5.10 Å². The van der Waals surface area contributed by atoms with Crippen LogP contribution < -0.4 is 5.73 Å². The van der Waals surface area contributed by atoms with Gasteiger partial charge in [0, 0.05) is 38.3 Å². The Hall–Kier alpha value is -2.34. The van der Waals surface area contributed by atoms with Crippen LogP contribution in [0.5, 0.6) is 0 Å². The zero-order chi connectivity index (χ0) is 18.1. The summed E-state index contributed by atoms with van der Waals surface area (Å²) in [6, 6.07) is 12.7. The zero-order valence-corrected chi connectivity index (χ0v) is 15.3. The third-order valence-corrected chi connectivity index (χ3v) is 5.58. The maximum absolute atomic E-state index is 12.9. The molecule has 1 aromatic carbocycles. The molecule has 0 radical (unpaired) electrons. The molecule has 26 heavy (non-hydrogen) atoms. The number of hydrogen-bond acceptors (Lipinski definition) is 4. The lowest BCUT2D eigenvalue weighted by molar-refractivity contribution is -0.136. The minimum absolute atomic E-state index is 0.135. The number of benzene rings is 1. The van der Waals surface area contributed by atoms with Gasteiger partial charge in [-0.05, 0) is 31.2 Å². The number of carbonyl (C=O) groups is 1. The SMILES string of the molecule is Cc1cc(N)n(CC(=O)N2C[C@H]3CC[C@@H]2CN(Cc2ccccc2)C3)n1. The number of piperidine rings is 1. The van der Waals surface area contributed by atoms with Crippen LogP contribution in [0.1, 0.15) is 24.1 Å². The second-order valence-electron chi connectivity index (χ2n) is 7.69. The number of fused-ring (bicyclic) bond motifs is 4. The van der Waals surface area contributed by atoms with Crippen LogP contribution in [0, 0.1) is 12.8 Å². The molecule has 3 saturated heterocycles. The van der Waals surface area contributed by atoms with Crippen molar-refractivity contribution in [2.75, 3.05) is 25.4 Å². The number of nitrogens with two attached hydrogens (primary N) is 1. The van der Waals surface area contributed by atoms with Gasteiger partial charge in [0.2, 0.25) is 5.91 Å². The van der Waals surface area contributed by atoms with Crippen LogP contribution >= 0.6 is 0 Å². The van der Waals surface area contributed by atoms with Gasteiger partial charge in [0.25, 0.3) is 0 Å². The number of anilines is 1. The number of hydrogen-bond donors (Lipinski definition) is 1. The Labute approximate surface area is 154 Å². The van der Waals surface area contributed by atoms with Crippen molar-refractivity contribution in [1.82, 2.24) is 19.6 Å². The molecule has 3 fully saturated rings. The Morgan fingerprint density at radius 3 is 2.73 bits per heavy atom. The fourth-order valence-corrected chi connectivity index (χ4v) is 4.37. The number of nitrogen functional groups attached to an aromatic ring is 1. The molecule has 0 aliphatic carbocycles. The molecule has 2 aromatic rings.